The molecular weight excluding hydrogens is 685 g/mol. The molecule has 2 aliphatic rings. The van der Waals surface area contributed by atoms with Crippen molar-refractivity contribution in [2.24, 2.45) is 0 Å². The van der Waals surface area contributed by atoms with Crippen LogP contribution < -0.4 is 13.8 Å². The molecule has 0 radical (unpaired) electrons. The third kappa shape index (κ3) is 6.58. The Labute approximate surface area is 299 Å². The minimum absolute atomic E-state index is 0.0329. The predicted octanol–water partition coefficient (Wildman–Crippen LogP) is 7.08. The van der Waals surface area contributed by atoms with E-state index in [-0.39, 0.29) is 49.5 Å². The lowest BCUT2D eigenvalue weighted by atomic mass is 9.72. The number of nitrogens with zero attached hydrogens (tertiary/aromatic N) is 3. The fourth-order valence-corrected chi connectivity index (χ4v) is 9.11. The second-order valence-electron chi connectivity index (χ2n) is 14.3. The summed E-state index contributed by atoms with van der Waals surface area (Å²) in [6, 6.07) is 14.6. The lowest BCUT2D eigenvalue weighted by Gasteiger charge is -2.42. The number of hydrogen-bond donors (Lipinski definition) is 1. The van der Waals surface area contributed by atoms with E-state index in [9.17, 15) is 23.1 Å². The van der Waals surface area contributed by atoms with Crippen molar-refractivity contribution in [1.82, 2.24) is 4.90 Å². The molecule has 13 heteroatoms. The molecule has 0 aromatic heterocycles. The number of carbonyl (C=O) groups excluding carboxylic acids is 1. The third-order valence-corrected chi connectivity index (χ3v) is 12.1. The van der Waals surface area contributed by atoms with Crippen LogP contribution in [0.4, 0.5) is 14.9 Å². The van der Waals surface area contributed by atoms with Crippen molar-refractivity contribution < 1.29 is 41.5 Å². The van der Waals surface area contributed by atoms with Crippen molar-refractivity contribution in [3.8, 4) is 11.5 Å². The Morgan fingerprint density at radius 2 is 1.74 bits per heavy atom. The standard InChI is InChI=1S/C37H45ClFN3O7S/c1-25(2)49-26-13-15-27(16-14-26)50(46,47)41-32-24-33(48-6)30(38)23-29(32)37(34(41)43,28-11-7-8-12-31(28)39)17-9-18-40-19-10-21-42(22-20-40,35(44)45)36(3,4)5/h7-8,11-16,23-25H,9-10,17-22H2,1-6H3/p+1. The fourth-order valence-electron chi connectivity index (χ4n) is 7.40. The second-order valence-corrected chi connectivity index (χ2v) is 16.5. The maximum absolute atomic E-state index is 15.9. The van der Waals surface area contributed by atoms with Gasteiger partial charge in [0.25, 0.3) is 15.9 Å². The monoisotopic (exact) mass is 730 g/mol. The van der Waals surface area contributed by atoms with Gasteiger partial charge in [0.2, 0.25) is 0 Å². The Morgan fingerprint density at radius 1 is 1.06 bits per heavy atom. The molecule has 0 bridgehead atoms. The topological polar surface area (TPSA) is 113 Å². The first-order chi connectivity index (χ1) is 23.5. The Bertz CT molecular complexity index is 1870. The molecule has 2 aliphatic heterocycles. The van der Waals surface area contributed by atoms with Crippen molar-refractivity contribution >= 4 is 39.3 Å². The van der Waals surface area contributed by atoms with Crippen LogP contribution in [0.25, 0.3) is 0 Å². The number of sulfonamides is 1. The van der Waals surface area contributed by atoms with Gasteiger partial charge in [0.15, 0.2) is 0 Å². The number of carbonyl (C=O) groups is 2. The minimum Gasteiger partial charge on any atom is -0.495 e. The van der Waals surface area contributed by atoms with Crippen LogP contribution in [0.5, 0.6) is 11.5 Å². The summed E-state index contributed by atoms with van der Waals surface area (Å²) in [6.45, 7) is 12.1. The molecular formula is C37H46ClFN3O7S+. The number of methoxy groups -OCH3 is 1. The molecule has 270 valence electrons. The minimum atomic E-state index is -4.52. The molecule has 2 heterocycles. The van der Waals surface area contributed by atoms with E-state index in [1.54, 1.807) is 6.07 Å². The molecule has 2 atom stereocenters. The molecule has 3 aromatic carbocycles. The summed E-state index contributed by atoms with van der Waals surface area (Å²) in [4.78, 5) is 29.5. The molecule has 10 nitrogen and oxygen atoms in total. The SMILES string of the molecule is COc1cc2c(cc1Cl)C(CCCN1CCC[N+](C(=O)O)(C(C)(C)C)CC1)(c1ccccc1F)C(=O)N2S(=O)(=O)c1ccc(OC(C)C)cc1. The van der Waals surface area contributed by atoms with E-state index in [1.165, 1.54) is 61.7 Å². The van der Waals surface area contributed by atoms with Crippen LogP contribution in [0, 0.1) is 5.82 Å². The number of ether oxygens (including phenoxy) is 2. The van der Waals surface area contributed by atoms with E-state index in [0.717, 1.165) is 4.31 Å². The molecule has 2 unspecified atom stereocenters. The molecule has 0 aliphatic carbocycles. The molecule has 1 fully saturated rings. The summed E-state index contributed by atoms with van der Waals surface area (Å²) in [5, 5.41) is 10.4. The molecule has 0 saturated carbocycles. The van der Waals surface area contributed by atoms with Crippen molar-refractivity contribution in [1.29, 1.82) is 0 Å². The van der Waals surface area contributed by atoms with Gasteiger partial charge in [-0.15, -0.1) is 0 Å². The molecule has 50 heavy (non-hydrogen) atoms. The number of benzene rings is 3. The van der Waals surface area contributed by atoms with Crippen LogP contribution >= 0.6 is 11.6 Å². The average Bonchev–Trinajstić information content (AvgIpc) is 3.16. The first-order valence-corrected chi connectivity index (χ1v) is 18.6. The normalized spacial score (nSPS) is 21.6. The Morgan fingerprint density at radius 3 is 2.34 bits per heavy atom. The van der Waals surface area contributed by atoms with Crippen molar-refractivity contribution in [3.05, 3.63) is 82.6 Å². The number of fused-ring (bicyclic) bond motifs is 1. The van der Waals surface area contributed by atoms with Gasteiger partial charge in [0, 0.05) is 31.1 Å². The molecule has 1 saturated heterocycles. The van der Waals surface area contributed by atoms with E-state index in [2.05, 4.69) is 4.90 Å². The summed E-state index contributed by atoms with van der Waals surface area (Å²) in [5.74, 6) is -0.852. The lowest BCUT2D eigenvalue weighted by Crippen LogP contribution is -2.64. The number of quaternary nitrogens is 1. The highest BCUT2D eigenvalue weighted by Gasteiger charge is 2.57. The summed E-state index contributed by atoms with van der Waals surface area (Å²) in [5.41, 5.74) is -1.93. The van der Waals surface area contributed by atoms with Gasteiger partial charge < -0.3 is 14.6 Å². The van der Waals surface area contributed by atoms with Crippen LogP contribution in [0.1, 0.15) is 65.0 Å². The van der Waals surface area contributed by atoms with Crippen molar-refractivity contribution in [2.75, 3.05) is 44.1 Å². The number of carboxylic acid groups (broad SMARTS) is 1. The van der Waals surface area contributed by atoms with Gasteiger partial charge in [0.1, 0.15) is 34.8 Å². The molecule has 2 amide bonds. The molecule has 0 spiro atoms. The summed E-state index contributed by atoms with van der Waals surface area (Å²) in [7, 11) is -3.13. The van der Waals surface area contributed by atoms with E-state index in [0.29, 0.717) is 51.3 Å². The number of anilines is 1. The highest BCUT2D eigenvalue weighted by Crippen LogP contribution is 2.53. The number of amides is 2. The maximum Gasteiger partial charge on any atom is 0.514 e. The highest BCUT2D eigenvalue weighted by atomic mass is 35.5. The van der Waals surface area contributed by atoms with E-state index in [4.69, 9.17) is 21.1 Å². The van der Waals surface area contributed by atoms with Crippen molar-refractivity contribution in [2.45, 2.75) is 75.8 Å². The third-order valence-electron chi connectivity index (χ3n) is 10.1. The van der Waals surface area contributed by atoms with Crippen LogP contribution in [0.15, 0.2) is 65.6 Å². The van der Waals surface area contributed by atoms with Gasteiger partial charge >= 0.3 is 6.09 Å². The van der Waals surface area contributed by atoms with Crippen LogP contribution in [-0.4, -0.2) is 86.4 Å². The lowest BCUT2D eigenvalue weighted by molar-refractivity contribution is -0.901. The van der Waals surface area contributed by atoms with Crippen molar-refractivity contribution in [3.63, 3.8) is 0 Å². The predicted molar refractivity (Wildman–Crippen MR) is 190 cm³/mol. The molecule has 1 N–H and O–H groups in total. The molecule has 5 rings (SSSR count). The van der Waals surface area contributed by atoms with Crippen LogP contribution in [-0.2, 0) is 20.2 Å². The smallest absolute Gasteiger partial charge is 0.495 e. The summed E-state index contributed by atoms with van der Waals surface area (Å²) >= 11 is 6.64. The zero-order chi connectivity index (χ0) is 36.6. The Hall–Kier alpha value is -3.71. The van der Waals surface area contributed by atoms with Gasteiger partial charge in [-0.05, 0) is 96.0 Å². The van der Waals surface area contributed by atoms with E-state index < -0.39 is 38.8 Å². The largest absolute Gasteiger partial charge is 0.514 e. The zero-order valence-electron chi connectivity index (χ0n) is 29.4. The quantitative estimate of drug-likeness (QED) is 0.221. The van der Waals surface area contributed by atoms with Gasteiger partial charge in [-0.3, -0.25) is 9.69 Å². The maximum atomic E-state index is 15.9. The van der Waals surface area contributed by atoms with Crippen LogP contribution in [0.3, 0.4) is 0 Å². The number of rotatable bonds is 10. The number of halogens is 2. The second kappa shape index (κ2) is 14.1. The average molecular weight is 731 g/mol. The van der Waals surface area contributed by atoms with E-state index in [1.807, 2.05) is 34.6 Å². The Balaban J connectivity index is 1.56. The summed E-state index contributed by atoms with van der Waals surface area (Å²) < 4.78 is 56.6. The van der Waals surface area contributed by atoms with Gasteiger partial charge in [0.05, 0.1) is 35.4 Å². The Kier molecular flexibility index (Phi) is 10.6. The van der Waals surface area contributed by atoms with Gasteiger partial charge in [-0.1, -0.05) is 29.8 Å². The van der Waals surface area contributed by atoms with E-state index >= 15 is 4.39 Å². The highest BCUT2D eigenvalue weighted by molar-refractivity contribution is 7.93. The zero-order valence-corrected chi connectivity index (χ0v) is 31.0. The first-order valence-electron chi connectivity index (χ1n) is 16.8. The van der Waals surface area contributed by atoms with Gasteiger partial charge in [-0.25, -0.2) is 21.6 Å². The van der Waals surface area contributed by atoms with Crippen LogP contribution in [0.2, 0.25) is 5.02 Å². The molecule has 3 aromatic rings. The summed E-state index contributed by atoms with van der Waals surface area (Å²) in [6.07, 6.45) is 0.105. The number of hydrogen-bond acceptors (Lipinski definition) is 7. The van der Waals surface area contributed by atoms with Gasteiger partial charge in [-0.2, -0.15) is 4.79 Å². The first kappa shape index (κ1) is 37.5. The fraction of sp³-hybridized carbons (Fsp3) is 0.459.